The standard InChI is InChI=1S/2C13H11NO2S.C6H6.C2H6/c2*1-14-10-6-2-4-8-12(10)17(15,16)13-9-5-3-7-11(13)14;1-2-4-6-5-3-1;1-2/h2*2-9H,1H3;1-6H;1-2H3. The van der Waals surface area contributed by atoms with Crippen molar-refractivity contribution in [1.82, 2.24) is 0 Å². The average Bonchev–Trinajstić information content (AvgIpc) is 3.05. The summed E-state index contributed by atoms with van der Waals surface area (Å²) in [7, 11) is -2.99. The van der Waals surface area contributed by atoms with Gasteiger partial charge in [-0.3, -0.25) is 0 Å². The van der Waals surface area contributed by atoms with Crippen LogP contribution in [0.5, 0.6) is 0 Å². The van der Waals surface area contributed by atoms with Crippen LogP contribution in [-0.2, 0) is 19.7 Å². The number of hydrogen-bond acceptors (Lipinski definition) is 6. The van der Waals surface area contributed by atoms with Crippen molar-refractivity contribution in [3.63, 3.8) is 0 Å². The van der Waals surface area contributed by atoms with Crippen LogP contribution < -0.4 is 9.80 Å². The van der Waals surface area contributed by atoms with Gasteiger partial charge in [0.05, 0.1) is 42.3 Å². The molecule has 0 atom stereocenters. The van der Waals surface area contributed by atoms with E-state index >= 15 is 0 Å². The Morgan fingerprint density at radius 2 is 0.548 bits per heavy atom. The second-order valence-corrected chi connectivity index (χ2v) is 12.9. The first-order chi connectivity index (χ1) is 20.2. The van der Waals surface area contributed by atoms with E-state index in [2.05, 4.69) is 0 Å². The lowest BCUT2D eigenvalue weighted by atomic mass is 10.2. The molecule has 0 saturated heterocycles. The van der Waals surface area contributed by atoms with Gasteiger partial charge >= 0.3 is 0 Å². The maximum atomic E-state index is 12.4. The summed E-state index contributed by atoms with van der Waals surface area (Å²) < 4.78 is 49.7. The van der Waals surface area contributed by atoms with E-state index < -0.39 is 19.7 Å². The lowest BCUT2D eigenvalue weighted by Crippen LogP contribution is -2.21. The van der Waals surface area contributed by atoms with Crippen LogP contribution in [0.15, 0.2) is 153 Å². The lowest BCUT2D eigenvalue weighted by molar-refractivity contribution is 0.593. The quantitative estimate of drug-likeness (QED) is 0.180. The molecule has 8 heteroatoms. The Morgan fingerprint density at radius 3 is 0.762 bits per heavy atom. The molecule has 216 valence electrons. The fourth-order valence-electron chi connectivity index (χ4n) is 4.73. The molecule has 2 aliphatic rings. The topological polar surface area (TPSA) is 74.8 Å². The summed E-state index contributed by atoms with van der Waals surface area (Å²) in [5, 5.41) is 0. The van der Waals surface area contributed by atoms with Crippen molar-refractivity contribution in [2.75, 3.05) is 23.9 Å². The van der Waals surface area contributed by atoms with Crippen molar-refractivity contribution >= 4 is 42.4 Å². The Bertz CT molecular complexity index is 1620. The molecule has 0 saturated carbocycles. The van der Waals surface area contributed by atoms with E-state index in [0.717, 1.165) is 22.7 Å². The first kappa shape index (κ1) is 30.6. The molecule has 42 heavy (non-hydrogen) atoms. The molecular weight excluding hydrogens is 565 g/mol. The van der Waals surface area contributed by atoms with E-state index in [0.29, 0.717) is 19.6 Å². The number of fused-ring (bicyclic) bond motifs is 4. The van der Waals surface area contributed by atoms with E-state index in [-0.39, 0.29) is 0 Å². The van der Waals surface area contributed by atoms with Crippen molar-refractivity contribution in [2.45, 2.75) is 33.4 Å². The molecular formula is C34H34N2O4S2. The predicted molar refractivity (Wildman–Crippen MR) is 171 cm³/mol. The second kappa shape index (κ2) is 13.1. The molecule has 0 aliphatic carbocycles. The molecule has 0 radical (unpaired) electrons. The van der Waals surface area contributed by atoms with Crippen LogP contribution in [0.3, 0.4) is 0 Å². The molecule has 6 nitrogen and oxygen atoms in total. The maximum absolute atomic E-state index is 12.4. The molecule has 2 aliphatic heterocycles. The predicted octanol–water partition coefficient (Wildman–Crippen LogP) is 7.91. The van der Waals surface area contributed by atoms with Gasteiger partial charge in [-0.1, -0.05) is 98.8 Å². The molecule has 0 amide bonds. The number of anilines is 4. The van der Waals surface area contributed by atoms with Gasteiger partial charge in [-0.2, -0.15) is 0 Å². The Balaban J connectivity index is 0.000000154. The first-order valence-electron chi connectivity index (χ1n) is 13.6. The minimum absolute atomic E-state index is 0.376. The van der Waals surface area contributed by atoms with Gasteiger partial charge in [-0.25, -0.2) is 16.8 Å². The molecule has 0 bridgehead atoms. The van der Waals surface area contributed by atoms with Gasteiger partial charge in [-0.05, 0) is 48.5 Å². The average molecular weight is 599 g/mol. The minimum atomic E-state index is -3.38. The van der Waals surface area contributed by atoms with Crippen molar-refractivity contribution in [1.29, 1.82) is 0 Å². The van der Waals surface area contributed by atoms with Crippen LogP contribution >= 0.6 is 0 Å². The van der Waals surface area contributed by atoms with Gasteiger partial charge < -0.3 is 9.80 Å². The Labute approximate surface area is 249 Å². The summed E-state index contributed by atoms with van der Waals surface area (Å²) in [6.45, 7) is 4.00. The molecule has 0 aromatic heterocycles. The highest BCUT2D eigenvalue weighted by Crippen LogP contribution is 2.43. The number of para-hydroxylation sites is 4. The van der Waals surface area contributed by atoms with Gasteiger partial charge in [0.2, 0.25) is 19.7 Å². The molecule has 2 heterocycles. The van der Waals surface area contributed by atoms with Crippen LogP contribution in [0.1, 0.15) is 13.8 Å². The zero-order valence-corrected chi connectivity index (χ0v) is 25.7. The van der Waals surface area contributed by atoms with Crippen molar-refractivity contribution in [2.24, 2.45) is 0 Å². The highest BCUT2D eigenvalue weighted by atomic mass is 32.2. The molecule has 0 N–H and O–H groups in total. The van der Waals surface area contributed by atoms with E-state index in [1.165, 1.54) is 0 Å². The molecule has 5 aromatic rings. The third-order valence-corrected chi connectivity index (χ3v) is 10.4. The summed E-state index contributed by atoms with van der Waals surface area (Å²) in [6.07, 6.45) is 0. The zero-order chi connectivity index (χ0) is 30.3. The van der Waals surface area contributed by atoms with E-state index in [1.54, 1.807) is 48.5 Å². The first-order valence-corrected chi connectivity index (χ1v) is 16.5. The largest absolute Gasteiger partial charge is 0.342 e. The highest BCUT2D eigenvalue weighted by molar-refractivity contribution is 7.92. The smallest absolute Gasteiger partial charge is 0.210 e. The van der Waals surface area contributed by atoms with Crippen LogP contribution in [0.4, 0.5) is 22.7 Å². The normalized spacial score (nSPS) is 14.4. The number of hydrogen-bond donors (Lipinski definition) is 0. The van der Waals surface area contributed by atoms with E-state index in [4.69, 9.17) is 0 Å². The summed E-state index contributed by atoms with van der Waals surface area (Å²) in [5.74, 6) is 0. The van der Waals surface area contributed by atoms with Crippen molar-refractivity contribution < 1.29 is 16.8 Å². The van der Waals surface area contributed by atoms with Crippen molar-refractivity contribution in [3.8, 4) is 0 Å². The summed E-state index contributed by atoms with van der Waals surface area (Å²) in [6, 6.07) is 40.3. The highest BCUT2D eigenvalue weighted by Gasteiger charge is 2.32. The van der Waals surface area contributed by atoms with Gasteiger partial charge in [-0.15, -0.1) is 0 Å². The zero-order valence-electron chi connectivity index (χ0n) is 24.0. The number of benzene rings is 5. The van der Waals surface area contributed by atoms with Gasteiger partial charge in [0.1, 0.15) is 0 Å². The monoisotopic (exact) mass is 598 g/mol. The molecule has 7 rings (SSSR count). The van der Waals surface area contributed by atoms with Gasteiger partial charge in [0.25, 0.3) is 0 Å². The van der Waals surface area contributed by atoms with E-state index in [1.807, 2.05) is 123 Å². The molecule has 5 aromatic carbocycles. The minimum Gasteiger partial charge on any atom is -0.342 e. The number of nitrogens with zero attached hydrogens (tertiary/aromatic N) is 2. The number of sulfone groups is 2. The molecule has 0 fully saturated rings. The van der Waals surface area contributed by atoms with E-state index in [9.17, 15) is 16.8 Å². The summed E-state index contributed by atoms with van der Waals surface area (Å²) >= 11 is 0. The summed E-state index contributed by atoms with van der Waals surface area (Å²) in [4.78, 5) is 5.32. The maximum Gasteiger partial charge on any atom is 0.210 e. The van der Waals surface area contributed by atoms with Gasteiger partial charge in [0.15, 0.2) is 0 Å². The SMILES string of the molecule is CC.CN1c2ccccc2S(=O)(=O)c2ccccc21.CN1c2ccccc2S(=O)(=O)c2ccccc21.c1ccccc1. The van der Waals surface area contributed by atoms with Crippen LogP contribution in [0, 0.1) is 0 Å². The summed E-state index contributed by atoms with van der Waals surface area (Å²) in [5.41, 5.74) is 2.91. The van der Waals surface area contributed by atoms with Gasteiger partial charge in [0, 0.05) is 14.1 Å². The molecule has 0 unspecified atom stereocenters. The van der Waals surface area contributed by atoms with Crippen LogP contribution in [0.2, 0.25) is 0 Å². The fraction of sp³-hybridized carbons (Fsp3) is 0.118. The molecule has 0 spiro atoms. The number of rotatable bonds is 0. The van der Waals surface area contributed by atoms with Crippen LogP contribution in [-0.4, -0.2) is 30.9 Å². The van der Waals surface area contributed by atoms with Crippen LogP contribution in [0.25, 0.3) is 0 Å². The van der Waals surface area contributed by atoms with Crippen molar-refractivity contribution in [3.05, 3.63) is 133 Å². The third-order valence-electron chi connectivity index (χ3n) is 6.73. The second-order valence-electron chi connectivity index (χ2n) is 9.15. The third kappa shape index (κ3) is 5.82. The lowest BCUT2D eigenvalue weighted by Gasteiger charge is -2.29. The fourth-order valence-corrected chi connectivity index (χ4v) is 8.15. The Hall–Kier alpha value is -4.40. The Morgan fingerprint density at radius 1 is 0.357 bits per heavy atom. The Kier molecular flexibility index (Phi) is 9.50.